The summed E-state index contributed by atoms with van der Waals surface area (Å²) < 4.78 is 13.2. The highest BCUT2D eigenvalue weighted by atomic mass is 19.1. The molecule has 0 radical (unpaired) electrons. The zero-order valence-corrected chi connectivity index (χ0v) is 14.6. The SMILES string of the molecule is Cc1cnnc(N2CC[C@H](O)[C@@](CO)(Cc3ccc(F)cc3)C2)c1C. The molecular formula is C19H24FN3O2. The first-order valence-electron chi connectivity index (χ1n) is 8.52. The van der Waals surface area contributed by atoms with Crippen LogP contribution in [0.15, 0.2) is 30.5 Å². The number of anilines is 1. The van der Waals surface area contributed by atoms with Crippen LogP contribution in [0, 0.1) is 25.1 Å². The fraction of sp³-hybridized carbons (Fsp3) is 0.474. The van der Waals surface area contributed by atoms with Crippen molar-refractivity contribution < 1.29 is 14.6 Å². The van der Waals surface area contributed by atoms with Crippen LogP contribution in [0.5, 0.6) is 0 Å². The van der Waals surface area contributed by atoms with Gasteiger partial charge in [-0.1, -0.05) is 12.1 Å². The van der Waals surface area contributed by atoms with Gasteiger partial charge in [-0.3, -0.25) is 0 Å². The Morgan fingerprint density at radius 1 is 1.28 bits per heavy atom. The summed E-state index contributed by atoms with van der Waals surface area (Å²) in [4.78, 5) is 2.09. The van der Waals surface area contributed by atoms with Crippen LogP contribution in [0.1, 0.15) is 23.1 Å². The minimum absolute atomic E-state index is 0.152. The van der Waals surface area contributed by atoms with Crippen LogP contribution < -0.4 is 4.90 Å². The largest absolute Gasteiger partial charge is 0.396 e. The van der Waals surface area contributed by atoms with Crippen LogP contribution in [0.4, 0.5) is 10.2 Å². The maximum Gasteiger partial charge on any atom is 0.154 e. The summed E-state index contributed by atoms with van der Waals surface area (Å²) >= 11 is 0. The van der Waals surface area contributed by atoms with E-state index in [0.717, 1.165) is 22.5 Å². The molecule has 134 valence electrons. The normalized spacial score (nSPS) is 23.7. The van der Waals surface area contributed by atoms with Gasteiger partial charge in [0.15, 0.2) is 5.82 Å². The molecule has 1 fully saturated rings. The lowest BCUT2D eigenvalue weighted by Crippen LogP contribution is -2.55. The highest BCUT2D eigenvalue weighted by molar-refractivity contribution is 5.49. The molecule has 0 spiro atoms. The van der Waals surface area contributed by atoms with Gasteiger partial charge in [-0.05, 0) is 55.5 Å². The average molecular weight is 345 g/mol. The number of aliphatic hydroxyl groups is 2. The van der Waals surface area contributed by atoms with Crippen molar-refractivity contribution >= 4 is 5.82 Å². The lowest BCUT2D eigenvalue weighted by molar-refractivity contribution is -0.0293. The Morgan fingerprint density at radius 3 is 2.68 bits per heavy atom. The standard InChI is InChI=1S/C19H24FN3O2/c1-13-10-21-22-18(14(13)2)23-8-7-17(25)19(11-23,12-24)9-15-3-5-16(20)6-4-15/h3-6,10,17,24-25H,7-9,11-12H2,1-2H3/t17-,19-/m0/s1. The summed E-state index contributed by atoms with van der Waals surface area (Å²) in [6, 6.07) is 6.22. The fourth-order valence-corrected chi connectivity index (χ4v) is 3.54. The van der Waals surface area contributed by atoms with E-state index >= 15 is 0 Å². The van der Waals surface area contributed by atoms with Crippen molar-refractivity contribution in [1.29, 1.82) is 0 Å². The first-order valence-corrected chi connectivity index (χ1v) is 8.52. The second kappa shape index (κ2) is 7.06. The van der Waals surface area contributed by atoms with E-state index in [1.807, 2.05) is 13.8 Å². The number of nitrogens with zero attached hydrogens (tertiary/aromatic N) is 3. The molecule has 1 aliphatic heterocycles. The molecule has 25 heavy (non-hydrogen) atoms. The molecule has 0 amide bonds. The molecule has 1 aromatic carbocycles. The Kier molecular flexibility index (Phi) is 5.01. The Morgan fingerprint density at radius 2 is 2.00 bits per heavy atom. The van der Waals surface area contributed by atoms with Gasteiger partial charge in [-0.2, -0.15) is 5.10 Å². The third-order valence-electron chi connectivity index (χ3n) is 5.30. The Labute approximate surface area is 147 Å². The quantitative estimate of drug-likeness (QED) is 0.887. The van der Waals surface area contributed by atoms with Crippen LogP contribution in [0.3, 0.4) is 0 Å². The van der Waals surface area contributed by atoms with E-state index in [0.29, 0.717) is 25.9 Å². The predicted molar refractivity (Wildman–Crippen MR) is 94.0 cm³/mol. The van der Waals surface area contributed by atoms with Gasteiger partial charge in [0, 0.05) is 18.5 Å². The molecular weight excluding hydrogens is 321 g/mol. The number of piperidine rings is 1. The van der Waals surface area contributed by atoms with Crippen molar-refractivity contribution in [2.75, 3.05) is 24.6 Å². The van der Waals surface area contributed by atoms with Crippen molar-refractivity contribution in [3.05, 3.63) is 53.0 Å². The number of hydrogen-bond acceptors (Lipinski definition) is 5. The predicted octanol–water partition coefficient (Wildman–Crippen LogP) is 2.02. The van der Waals surface area contributed by atoms with Crippen molar-refractivity contribution in [1.82, 2.24) is 10.2 Å². The van der Waals surface area contributed by atoms with Crippen LogP contribution in [-0.4, -0.2) is 46.2 Å². The first kappa shape index (κ1) is 17.8. The van der Waals surface area contributed by atoms with Crippen molar-refractivity contribution in [3.63, 3.8) is 0 Å². The number of hydrogen-bond donors (Lipinski definition) is 2. The number of aliphatic hydroxyl groups excluding tert-OH is 2. The highest BCUT2D eigenvalue weighted by Crippen LogP contribution is 2.36. The van der Waals surface area contributed by atoms with Gasteiger partial charge >= 0.3 is 0 Å². The first-order chi connectivity index (χ1) is 11.9. The Bertz CT molecular complexity index is 738. The molecule has 5 nitrogen and oxygen atoms in total. The Hall–Kier alpha value is -2.05. The molecule has 1 aliphatic rings. The van der Waals surface area contributed by atoms with E-state index < -0.39 is 11.5 Å². The van der Waals surface area contributed by atoms with E-state index in [1.54, 1.807) is 18.3 Å². The Balaban J connectivity index is 1.89. The van der Waals surface area contributed by atoms with Crippen molar-refractivity contribution in [3.8, 4) is 0 Å². The van der Waals surface area contributed by atoms with Crippen molar-refractivity contribution in [2.45, 2.75) is 32.8 Å². The zero-order chi connectivity index (χ0) is 18.0. The minimum atomic E-state index is -0.714. The summed E-state index contributed by atoms with van der Waals surface area (Å²) in [6.07, 6.45) is 2.11. The van der Waals surface area contributed by atoms with Crippen molar-refractivity contribution in [2.24, 2.45) is 5.41 Å². The van der Waals surface area contributed by atoms with Crippen LogP contribution in [0.25, 0.3) is 0 Å². The molecule has 0 unspecified atom stereocenters. The third-order valence-corrected chi connectivity index (χ3v) is 5.30. The van der Waals surface area contributed by atoms with E-state index in [1.165, 1.54) is 12.1 Å². The molecule has 1 saturated heterocycles. The summed E-state index contributed by atoms with van der Waals surface area (Å²) in [6.45, 7) is 4.97. The van der Waals surface area contributed by atoms with E-state index in [-0.39, 0.29) is 12.4 Å². The number of halogens is 1. The molecule has 2 N–H and O–H groups in total. The molecule has 2 heterocycles. The molecule has 6 heteroatoms. The lowest BCUT2D eigenvalue weighted by Gasteiger charge is -2.46. The summed E-state index contributed by atoms with van der Waals surface area (Å²) in [5.41, 5.74) is 2.29. The van der Waals surface area contributed by atoms with Gasteiger partial charge in [-0.25, -0.2) is 4.39 Å². The molecule has 3 rings (SSSR count). The summed E-state index contributed by atoms with van der Waals surface area (Å²) in [7, 11) is 0. The fourth-order valence-electron chi connectivity index (χ4n) is 3.54. The molecule has 2 aromatic rings. The monoisotopic (exact) mass is 345 g/mol. The van der Waals surface area contributed by atoms with Crippen LogP contribution >= 0.6 is 0 Å². The van der Waals surface area contributed by atoms with Gasteiger partial charge in [0.05, 0.1) is 18.9 Å². The van der Waals surface area contributed by atoms with Crippen LogP contribution in [-0.2, 0) is 6.42 Å². The second-order valence-electron chi connectivity index (χ2n) is 7.03. The van der Waals surface area contributed by atoms with Crippen LogP contribution in [0.2, 0.25) is 0 Å². The van der Waals surface area contributed by atoms with Gasteiger partial charge in [0.25, 0.3) is 0 Å². The molecule has 0 saturated carbocycles. The molecule has 0 bridgehead atoms. The second-order valence-corrected chi connectivity index (χ2v) is 7.03. The highest BCUT2D eigenvalue weighted by Gasteiger charge is 2.43. The van der Waals surface area contributed by atoms with Gasteiger partial charge in [-0.15, -0.1) is 5.10 Å². The van der Waals surface area contributed by atoms with Gasteiger partial charge in [0.1, 0.15) is 5.82 Å². The number of aromatic nitrogens is 2. The van der Waals surface area contributed by atoms with E-state index in [2.05, 4.69) is 15.1 Å². The van der Waals surface area contributed by atoms with E-state index in [9.17, 15) is 14.6 Å². The van der Waals surface area contributed by atoms with Gasteiger partial charge in [0.2, 0.25) is 0 Å². The zero-order valence-electron chi connectivity index (χ0n) is 14.6. The molecule has 2 atom stereocenters. The number of aryl methyl sites for hydroxylation is 1. The van der Waals surface area contributed by atoms with E-state index in [4.69, 9.17) is 0 Å². The average Bonchev–Trinajstić information content (AvgIpc) is 2.61. The minimum Gasteiger partial charge on any atom is -0.396 e. The summed E-state index contributed by atoms with van der Waals surface area (Å²) in [5.74, 6) is 0.502. The number of rotatable bonds is 4. The third kappa shape index (κ3) is 3.50. The molecule has 1 aromatic heterocycles. The smallest absolute Gasteiger partial charge is 0.154 e. The van der Waals surface area contributed by atoms with Gasteiger partial charge < -0.3 is 15.1 Å². The number of benzene rings is 1. The topological polar surface area (TPSA) is 69.5 Å². The molecule has 0 aliphatic carbocycles. The maximum atomic E-state index is 13.2. The lowest BCUT2D eigenvalue weighted by atomic mass is 9.73. The maximum absolute atomic E-state index is 13.2. The summed E-state index contributed by atoms with van der Waals surface area (Å²) in [5, 5.41) is 29.1.